The van der Waals surface area contributed by atoms with Gasteiger partial charge in [0.15, 0.2) is 5.17 Å². The van der Waals surface area contributed by atoms with E-state index in [4.69, 9.17) is 27.9 Å². The second-order valence-electron chi connectivity index (χ2n) is 7.66. The van der Waals surface area contributed by atoms with Gasteiger partial charge in [0, 0.05) is 10.0 Å². The Morgan fingerprint density at radius 1 is 1.00 bits per heavy atom. The lowest BCUT2D eigenvalue weighted by molar-refractivity contribution is -0.115. The molecule has 0 aliphatic carbocycles. The van der Waals surface area contributed by atoms with E-state index in [1.165, 1.54) is 11.8 Å². The molecule has 5 rings (SSSR count). The third kappa shape index (κ3) is 5.41. The molecule has 0 radical (unpaired) electrons. The Kier molecular flexibility index (Phi) is 7.16. The summed E-state index contributed by atoms with van der Waals surface area (Å²) in [6.45, 7) is 0.401. The lowest BCUT2D eigenvalue weighted by Crippen LogP contribution is -2.19. The molecule has 35 heavy (non-hydrogen) atoms. The Labute approximate surface area is 225 Å². The van der Waals surface area contributed by atoms with Gasteiger partial charge in [-0.3, -0.25) is 4.79 Å². The van der Waals surface area contributed by atoms with E-state index < -0.39 is 0 Å². The summed E-state index contributed by atoms with van der Waals surface area (Å²) in [6, 6.07) is 25.3. The predicted octanol–water partition coefficient (Wildman–Crippen LogP) is 8.38. The van der Waals surface area contributed by atoms with E-state index in [2.05, 4.69) is 50.5 Å². The highest BCUT2D eigenvalue weighted by atomic mass is 79.9. The van der Waals surface area contributed by atoms with Crippen molar-refractivity contribution in [1.29, 1.82) is 0 Å². The number of hydrogen-bond acceptors (Lipinski definition) is 4. The van der Waals surface area contributed by atoms with Crippen molar-refractivity contribution in [3.8, 4) is 5.75 Å². The summed E-state index contributed by atoms with van der Waals surface area (Å²) in [7, 11) is 0. The molecule has 1 amide bonds. The normalized spacial score (nSPS) is 15.7. The minimum absolute atomic E-state index is 0.244. The minimum atomic E-state index is -0.244. The summed E-state index contributed by atoms with van der Waals surface area (Å²) >= 11 is 17.1. The summed E-state index contributed by atoms with van der Waals surface area (Å²) < 4.78 is 7.09. The molecular weight excluding hydrogens is 567 g/mol. The van der Waals surface area contributed by atoms with Gasteiger partial charge in [0.1, 0.15) is 12.4 Å². The molecule has 8 heteroatoms. The van der Waals surface area contributed by atoms with Crippen LogP contribution in [0.5, 0.6) is 5.75 Å². The van der Waals surface area contributed by atoms with Crippen LogP contribution in [0.3, 0.4) is 0 Å². The van der Waals surface area contributed by atoms with Crippen molar-refractivity contribution in [3.05, 3.63) is 109 Å². The Morgan fingerprint density at radius 2 is 1.80 bits per heavy atom. The van der Waals surface area contributed by atoms with Crippen LogP contribution in [0.2, 0.25) is 10.0 Å². The van der Waals surface area contributed by atoms with Gasteiger partial charge in [-0.15, -0.1) is 0 Å². The number of amidine groups is 1. The van der Waals surface area contributed by atoms with E-state index in [-0.39, 0.29) is 5.91 Å². The average Bonchev–Trinajstić information content (AvgIpc) is 3.20. The summed E-state index contributed by atoms with van der Waals surface area (Å²) in [5, 5.41) is 6.27. The van der Waals surface area contributed by atoms with Crippen molar-refractivity contribution in [2.24, 2.45) is 4.99 Å². The molecule has 0 spiro atoms. The molecule has 0 saturated carbocycles. The highest BCUT2D eigenvalue weighted by molar-refractivity contribution is 9.10. The van der Waals surface area contributed by atoms with Crippen molar-refractivity contribution in [2.75, 3.05) is 0 Å². The standard InChI is InChI=1S/C27H17BrCl2N2O2S/c28-19-11-12-23(34-15-17-7-3-6-16-5-1-2-8-20(16)17)18(13-19)14-24-26(33)32-27(35-24)31-22-10-4-9-21(29)25(22)30/h1-14H,15H2,(H,31,32,33)/b24-14+. The molecule has 4 aromatic rings. The van der Waals surface area contributed by atoms with Crippen molar-refractivity contribution < 1.29 is 9.53 Å². The molecule has 0 bridgehead atoms. The second-order valence-corrected chi connectivity index (χ2v) is 10.4. The molecule has 1 aliphatic rings. The number of carbonyl (C=O) groups excluding carboxylic acids is 1. The number of hydrogen-bond donors (Lipinski definition) is 1. The first-order valence-corrected chi connectivity index (χ1v) is 13.0. The first-order valence-electron chi connectivity index (χ1n) is 10.6. The van der Waals surface area contributed by atoms with Gasteiger partial charge >= 0.3 is 0 Å². The van der Waals surface area contributed by atoms with E-state index in [0.29, 0.717) is 38.2 Å². The summed E-state index contributed by atoms with van der Waals surface area (Å²) in [6.07, 6.45) is 1.80. The molecule has 0 atom stereocenters. The lowest BCUT2D eigenvalue weighted by Gasteiger charge is -2.12. The topological polar surface area (TPSA) is 50.7 Å². The molecule has 174 valence electrons. The van der Waals surface area contributed by atoms with Crippen molar-refractivity contribution in [1.82, 2.24) is 5.32 Å². The SMILES string of the molecule is O=C1NC(=Nc2cccc(Cl)c2Cl)S/C1=C/c1cc(Br)ccc1OCc1cccc2ccccc12. The smallest absolute Gasteiger partial charge is 0.264 e. The Balaban J connectivity index is 1.41. The van der Waals surface area contributed by atoms with Crippen LogP contribution in [0.25, 0.3) is 16.8 Å². The van der Waals surface area contributed by atoms with E-state index >= 15 is 0 Å². The Morgan fingerprint density at radius 3 is 2.69 bits per heavy atom. The number of thioether (sulfide) groups is 1. The van der Waals surface area contributed by atoms with Crippen molar-refractivity contribution in [3.63, 3.8) is 0 Å². The van der Waals surface area contributed by atoms with E-state index in [9.17, 15) is 4.79 Å². The number of benzene rings is 4. The quantitative estimate of drug-likeness (QED) is 0.240. The Hall–Kier alpha value is -2.77. The van der Waals surface area contributed by atoms with Crippen LogP contribution in [0.15, 0.2) is 93.2 Å². The largest absolute Gasteiger partial charge is 0.488 e. The van der Waals surface area contributed by atoms with Crippen LogP contribution in [-0.2, 0) is 11.4 Å². The monoisotopic (exact) mass is 582 g/mol. The van der Waals surface area contributed by atoms with Gasteiger partial charge in [0.2, 0.25) is 0 Å². The highest BCUT2D eigenvalue weighted by Crippen LogP contribution is 2.36. The minimum Gasteiger partial charge on any atom is -0.488 e. The highest BCUT2D eigenvalue weighted by Gasteiger charge is 2.25. The van der Waals surface area contributed by atoms with Crippen LogP contribution in [-0.4, -0.2) is 11.1 Å². The van der Waals surface area contributed by atoms with Gasteiger partial charge in [-0.1, -0.05) is 87.7 Å². The molecule has 1 fully saturated rings. The maximum Gasteiger partial charge on any atom is 0.264 e. The molecule has 0 aromatic heterocycles. The van der Waals surface area contributed by atoms with Crippen molar-refractivity contribution >= 4 is 84.5 Å². The van der Waals surface area contributed by atoms with Gasteiger partial charge in [0.05, 0.1) is 20.6 Å². The molecule has 1 aliphatic heterocycles. The van der Waals surface area contributed by atoms with Gasteiger partial charge in [-0.05, 0) is 64.5 Å². The summed E-state index contributed by atoms with van der Waals surface area (Å²) in [4.78, 5) is 17.6. The maximum absolute atomic E-state index is 12.7. The first kappa shape index (κ1) is 23.9. The number of amides is 1. The van der Waals surface area contributed by atoms with Crippen LogP contribution in [0.4, 0.5) is 5.69 Å². The molecule has 4 nitrogen and oxygen atoms in total. The number of nitrogens with one attached hydrogen (secondary N) is 1. The fraction of sp³-hybridized carbons (Fsp3) is 0.0370. The van der Waals surface area contributed by atoms with Crippen molar-refractivity contribution in [2.45, 2.75) is 6.61 Å². The molecule has 4 aromatic carbocycles. The van der Waals surface area contributed by atoms with Gasteiger partial charge in [-0.25, -0.2) is 4.99 Å². The first-order chi connectivity index (χ1) is 17.0. The number of aliphatic imine (C=N–C) groups is 1. The van der Waals surface area contributed by atoms with E-state index in [0.717, 1.165) is 26.4 Å². The maximum atomic E-state index is 12.7. The summed E-state index contributed by atoms with van der Waals surface area (Å²) in [5.74, 6) is 0.428. The van der Waals surface area contributed by atoms with E-state index in [1.807, 2.05) is 36.4 Å². The zero-order chi connectivity index (χ0) is 24.4. The fourth-order valence-corrected chi connectivity index (χ4v) is 5.19. The zero-order valence-corrected chi connectivity index (χ0v) is 22.0. The van der Waals surface area contributed by atoms with Gasteiger partial charge in [-0.2, -0.15) is 0 Å². The molecule has 0 unspecified atom stereocenters. The molecular formula is C27H17BrCl2N2O2S. The number of fused-ring (bicyclic) bond motifs is 1. The zero-order valence-electron chi connectivity index (χ0n) is 18.1. The Bertz CT molecular complexity index is 1520. The number of nitrogens with zero attached hydrogens (tertiary/aromatic N) is 1. The predicted molar refractivity (Wildman–Crippen MR) is 150 cm³/mol. The molecule has 1 saturated heterocycles. The number of ether oxygens (including phenoxy) is 1. The van der Waals surface area contributed by atoms with Gasteiger partial charge in [0.25, 0.3) is 5.91 Å². The number of carbonyl (C=O) groups is 1. The third-order valence-corrected chi connectivity index (χ3v) is 7.54. The van der Waals surface area contributed by atoms with Crippen LogP contribution in [0, 0.1) is 0 Å². The summed E-state index contributed by atoms with van der Waals surface area (Å²) in [5.41, 5.74) is 2.36. The molecule has 1 heterocycles. The van der Waals surface area contributed by atoms with Crippen LogP contribution in [0.1, 0.15) is 11.1 Å². The average molecular weight is 584 g/mol. The second kappa shape index (κ2) is 10.5. The number of halogens is 3. The fourth-order valence-electron chi connectivity index (χ4n) is 3.65. The molecule has 1 N–H and O–H groups in total. The van der Waals surface area contributed by atoms with Gasteiger partial charge < -0.3 is 10.1 Å². The number of rotatable bonds is 5. The lowest BCUT2D eigenvalue weighted by atomic mass is 10.1. The van der Waals surface area contributed by atoms with Crippen LogP contribution >= 0.6 is 50.9 Å². The van der Waals surface area contributed by atoms with E-state index in [1.54, 1.807) is 24.3 Å². The van der Waals surface area contributed by atoms with Crippen LogP contribution < -0.4 is 10.1 Å². The third-order valence-electron chi connectivity index (χ3n) is 5.33.